The highest BCUT2D eigenvalue weighted by atomic mass is 16.3. The van der Waals surface area contributed by atoms with Gasteiger partial charge in [-0.05, 0) is 24.5 Å². The van der Waals surface area contributed by atoms with Crippen molar-refractivity contribution in [2.45, 2.75) is 32.4 Å². The maximum absolute atomic E-state index is 12.8. The van der Waals surface area contributed by atoms with E-state index in [9.17, 15) is 14.7 Å². The molecule has 1 aromatic carbocycles. The lowest BCUT2D eigenvalue weighted by Crippen LogP contribution is -2.34. The average Bonchev–Trinajstić information content (AvgIpc) is 2.61. The largest absolute Gasteiger partial charge is 0.396 e. The molecule has 0 aliphatic heterocycles. The quantitative estimate of drug-likeness (QED) is 0.841. The minimum Gasteiger partial charge on any atom is -0.396 e. The van der Waals surface area contributed by atoms with Crippen LogP contribution in [-0.2, 0) is 6.54 Å². The summed E-state index contributed by atoms with van der Waals surface area (Å²) in [5.41, 5.74) is 0.958. The van der Waals surface area contributed by atoms with Crippen LogP contribution in [0.1, 0.15) is 41.9 Å². The smallest absolute Gasteiger partial charge is 0.274 e. The molecular weight excluding hydrogens is 306 g/mol. The van der Waals surface area contributed by atoms with Gasteiger partial charge in [-0.1, -0.05) is 37.3 Å². The van der Waals surface area contributed by atoms with Gasteiger partial charge in [0.2, 0.25) is 0 Å². The minimum absolute atomic E-state index is 0.0278. The topological polar surface area (TPSA) is 75.4 Å². The predicted octanol–water partition coefficient (Wildman–Crippen LogP) is 1.85. The molecule has 0 radical (unpaired) electrons. The molecule has 0 spiro atoms. The van der Waals surface area contributed by atoms with E-state index in [1.807, 2.05) is 37.3 Å². The van der Waals surface area contributed by atoms with E-state index < -0.39 is 0 Å². The van der Waals surface area contributed by atoms with E-state index in [-0.39, 0.29) is 29.8 Å². The van der Waals surface area contributed by atoms with Gasteiger partial charge in [0.1, 0.15) is 5.69 Å². The zero-order chi connectivity index (χ0) is 17.5. The molecule has 0 saturated carbocycles. The highest BCUT2D eigenvalue weighted by Crippen LogP contribution is 2.23. The molecule has 1 atom stereocenters. The SMILES string of the molecule is CCCn1nc(C(=O)N(C)C(CCO)c2ccccc2)ccc1=O. The Morgan fingerprint density at radius 2 is 1.96 bits per heavy atom. The van der Waals surface area contributed by atoms with Crippen molar-refractivity contribution in [1.82, 2.24) is 14.7 Å². The number of benzene rings is 1. The fourth-order valence-corrected chi connectivity index (χ4v) is 2.64. The molecular formula is C18H23N3O3. The first kappa shape index (κ1) is 17.9. The summed E-state index contributed by atoms with van der Waals surface area (Å²) in [6.45, 7) is 2.39. The molecule has 0 aliphatic carbocycles. The number of hydrogen-bond donors (Lipinski definition) is 1. The van der Waals surface area contributed by atoms with Crippen molar-refractivity contribution in [3.05, 3.63) is 64.1 Å². The Hall–Kier alpha value is -2.47. The number of nitrogens with zero attached hydrogens (tertiary/aromatic N) is 3. The van der Waals surface area contributed by atoms with Crippen molar-refractivity contribution in [3.63, 3.8) is 0 Å². The summed E-state index contributed by atoms with van der Waals surface area (Å²) < 4.78 is 1.31. The van der Waals surface area contributed by atoms with Gasteiger partial charge >= 0.3 is 0 Å². The zero-order valence-corrected chi connectivity index (χ0v) is 14.1. The Morgan fingerprint density at radius 3 is 2.58 bits per heavy atom. The maximum Gasteiger partial charge on any atom is 0.274 e. The van der Waals surface area contributed by atoms with Crippen molar-refractivity contribution in [3.8, 4) is 0 Å². The second kappa shape index (κ2) is 8.40. The second-order valence-electron chi connectivity index (χ2n) is 5.63. The fourth-order valence-electron chi connectivity index (χ4n) is 2.64. The van der Waals surface area contributed by atoms with Crippen LogP contribution >= 0.6 is 0 Å². The van der Waals surface area contributed by atoms with Crippen molar-refractivity contribution in [2.24, 2.45) is 0 Å². The minimum atomic E-state index is -0.276. The van der Waals surface area contributed by atoms with E-state index in [1.54, 1.807) is 11.9 Å². The number of amides is 1. The average molecular weight is 329 g/mol. The van der Waals surface area contributed by atoms with Crippen molar-refractivity contribution < 1.29 is 9.90 Å². The van der Waals surface area contributed by atoms with Crippen LogP contribution < -0.4 is 5.56 Å². The predicted molar refractivity (Wildman–Crippen MR) is 91.8 cm³/mol. The first-order chi connectivity index (χ1) is 11.6. The Morgan fingerprint density at radius 1 is 1.25 bits per heavy atom. The summed E-state index contributed by atoms with van der Waals surface area (Å²) in [6, 6.07) is 12.1. The molecule has 128 valence electrons. The van der Waals surface area contributed by atoms with Gasteiger partial charge in [-0.2, -0.15) is 5.10 Å². The number of aryl methyl sites for hydroxylation is 1. The number of aliphatic hydroxyl groups excluding tert-OH is 1. The Balaban J connectivity index is 2.29. The van der Waals surface area contributed by atoms with Gasteiger partial charge in [0, 0.05) is 26.3 Å². The summed E-state index contributed by atoms with van der Waals surface area (Å²) in [4.78, 5) is 26.1. The van der Waals surface area contributed by atoms with Crippen molar-refractivity contribution >= 4 is 5.91 Å². The van der Waals surface area contributed by atoms with Gasteiger partial charge in [0.15, 0.2) is 0 Å². The van der Waals surface area contributed by atoms with Crippen LogP contribution in [0.25, 0.3) is 0 Å². The van der Waals surface area contributed by atoms with Crippen LogP contribution in [-0.4, -0.2) is 39.3 Å². The van der Waals surface area contributed by atoms with Gasteiger partial charge in [0.05, 0.1) is 6.04 Å². The molecule has 2 aromatic rings. The van der Waals surface area contributed by atoms with Crippen molar-refractivity contribution in [2.75, 3.05) is 13.7 Å². The van der Waals surface area contributed by atoms with Gasteiger partial charge in [-0.3, -0.25) is 9.59 Å². The van der Waals surface area contributed by atoms with Crippen LogP contribution in [0.2, 0.25) is 0 Å². The number of hydrogen-bond acceptors (Lipinski definition) is 4. The molecule has 0 bridgehead atoms. The molecule has 1 unspecified atom stereocenters. The first-order valence-corrected chi connectivity index (χ1v) is 8.09. The normalized spacial score (nSPS) is 12.0. The molecule has 6 heteroatoms. The van der Waals surface area contributed by atoms with Crippen LogP contribution in [0, 0.1) is 0 Å². The Kier molecular flexibility index (Phi) is 6.26. The number of aromatic nitrogens is 2. The van der Waals surface area contributed by atoms with Gasteiger partial charge in [0.25, 0.3) is 11.5 Å². The highest BCUT2D eigenvalue weighted by Gasteiger charge is 2.23. The van der Waals surface area contributed by atoms with Crippen LogP contribution in [0.4, 0.5) is 0 Å². The number of carbonyl (C=O) groups excluding carboxylic acids is 1. The number of rotatable bonds is 7. The summed E-state index contributed by atoms with van der Waals surface area (Å²) in [5, 5.41) is 13.5. The Bertz CT molecular complexity index is 728. The summed E-state index contributed by atoms with van der Waals surface area (Å²) in [6.07, 6.45) is 1.19. The monoisotopic (exact) mass is 329 g/mol. The van der Waals surface area contributed by atoms with E-state index in [2.05, 4.69) is 5.10 Å². The van der Waals surface area contributed by atoms with E-state index in [0.717, 1.165) is 12.0 Å². The highest BCUT2D eigenvalue weighted by molar-refractivity contribution is 5.92. The third kappa shape index (κ3) is 4.08. The molecule has 24 heavy (non-hydrogen) atoms. The second-order valence-corrected chi connectivity index (χ2v) is 5.63. The molecule has 1 amide bonds. The zero-order valence-electron chi connectivity index (χ0n) is 14.1. The molecule has 2 rings (SSSR count). The van der Waals surface area contributed by atoms with E-state index >= 15 is 0 Å². The lowest BCUT2D eigenvalue weighted by molar-refractivity contribution is 0.0696. The lowest BCUT2D eigenvalue weighted by atomic mass is 10.0. The van der Waals surface area contributed by atoms with E-state index in [0.29, 0.717) is 13.0 Å². The standard InChI is InChI=1S/C18H23N3O3/c1-3-12-21-17(23)10-9-15(19-21)18(24)20(2)16(11-13-22)14-7-5-4-6-8-14/h4-10,16,22H,3,11-13H2,1-2H3. The van der Waals surface area contributed by atoms with E-state index in [4.69, 9.17) is 0 Å². The van der Waals surface area contributed by atoms with Crippen LogP contribution in [0.15, 0.2) is 47.3 Å². The summed E-state index contributed by atoms with van der Waals surface area (Å²) >= 11 is 0. The van der Waals surface area contributed by atoms with Crippen molar-refractivity contribution in [1.29, 1.82) is 0 Å². The molecule has 0 fully saturated rings. The van der Waals surface area contributed by atoms with Gasteiger partial charge in [-0.15, -0.1) is 0 Å². The third-order valence-corrected chi connectivity index (χ3v) is 3.90. The number of aliphatic hydroxyl groups is 1. The fraction of sp³-hybridized carbons (Fsp3) is 0.389. The Labute approximate surface area is 141 Å². The molecule has 6 nitrogen and oxygen atoms in total. The van der Waals surface area contributed by atoms with Gasteiger partial charge in [-0.25, -0.2) is 4.68 Å². The summed E-state index contributed by atoms with van der Waals surface area (Å²) in [7, 11) is 1.69. The van der Waals surface area contributed by atoms with Crippen LogP contribution in [0.5, 0.6) is 0 Å². The van der Waals surface area contributed by atoms with E-state index in [1.165, 1.54) is 16.8 Å². The van der Waals surface area contributed by atoms with Crippen LogP contribution in [0.3, 0.4) is 0 Å². The first-order valence-electron chi connectivity index (χ1n) is 8.09. The number of carbonyl (C=O) groups is 1. The molecule has 1 heterocycles. The van der Waals surface area contributed by atoms with Gasteiger partial charge < -0.3 is 10.0 Å². The lowest BCUT2D eigenvalue weighted by Gasteiger charge is -2.28. The third-order valence-electron chi connectivity index (χ3n) is 3.90. The molecule has 1 aromatic heterocycles. The molecule has 1 N–H and O–H groups in total. The molecule has 0 saturated heterocycles. The summed E-state index contributed by atoms with van der Waals surface area (Å²) in [5.74, 6) is -0.276. The molecule has 0 aliphatic rings. The maximum atomic E-state index is 12.8.